The van der Waals surface area contributed by atoms with E-state index in [0.29, 0.717) is 19.6 Å². The Morgan fingerprint density at radius 1 is 1.44 bits per heavy atom. The maximum Gasteiger partial charge on any atom is 0.226 e. The molecule has 0 aliphatic carbocycles. The zero-order valence-corrected chi connectivity index (χ0v) is 15.6. The smallest absolute Gasteiger partial charge is 0.226 e. The fourth-order valence-electron chi connectivity index (χ4n) is 2.63. The summed E-state index contributed by atoms with van der Waals surface area (Å²) in [5.74, 6) is 0.771. The average Bonchev–Trinajstić information content (AvgIpc) is 3.04. The molecule has 3 rings (SSSR count). The molecule has 0 saturated carbocycles. The molecule has 9 heteroatoms. The van der Waals surface area contributed by atoms with Crippen molar-refractivity contribution in [3.05, 3.63) is 30.6 Å². The highest BCUT2D eigenvalue weighted by Crippen LogP contribution is 2.21. The van der Waals surface area contributed by atoms with Crippen molar-refractivity contribution in [1.82, 2.24) is 20.1 Å². The van der Waals surface area contributed by atoms with Crippen molar-refractivity contribution in [2.75, 3.05) is 25.1 Å². The van der Waals surface area contributed by atoms with E-state index in [-0.39, 0.29) is 36.8 Å². The number of ether oxygens (including phenoxy) is 1. The van der Waals surface area contributed by atoms with Crippen LogP contribution in [-0.2, 0) is 16.1 Å². The molecule has 1 aliphatic heterocycles. The predicted octanol–water partition coefficient (Wildman–Crippen LogP) is 2.13. The highest BCUT2D eigenvalue weighted by atomic mass is 35.5. The third kappa shape index (κ3) is 5.67. The van der Waals surface area contributed by atoms with Crippen LogP contribution in [0.25, 0.3) is 11.4 Å². The van der Waals surface area contributed by atoms with Gasteiger partial charge in [-0.15, -0.1) is 35.0 Å². The van der Waals surface area contributed by atoms with Gasteiger partial charge < -0.3 is 19.9 Å². The van der Waals surface area contributed by atoms with Crippen molar-refractivity contribution in [2.45, 2.75) is 25.9 Å². The van der Waals surface area contributed by atoms with Crippen LogP contribution in [0.5, 0.6) is 0 Å². The summed E-state index contributed by atoms with van der Waals surface area (Å²) in [6, 6.07) is 7.73. The quantitative estimate of drug-likeness (QED) is 0.820. The Hall–Kier alpha value is -1.67. The first kappa shape index (κ1) is 21.4. The molecule has 1 fully saturated rings. The summed E-state index contributed by atoms with van der Waals surface area (Å²) in [7, 11) is 0. The Morgan fingerprint density at radius 3 is 3.00 bits per heavy atom. The van der Waals surface area contributed by atoms with Gasteiger partial charge in [0, 0.05) is 36.8 Å². The first-order valence-corrected chi connectivity index (χ1v) is 7.85. The van der Waals surface area contributed by atoms with Crippen LogP contribution in [0, 0.1) is 0 Å². The van der Waals surface area contributed by atoms with Crippen LogP contribution in [-0.4, -0.2) is 46.5 Å². The van der Waals surface area contributed by atoms with Crippen LogP contribution in [0.15, 0.2) is 30.6 Å². The largest absolute Gasteiger partial charge is 0.378 e. The van der Waals surface area contributed by atoms with Gasteiger partial charge in [0.05, 0.1) is 13.2 Å². The summed E-state index contributed by atoms with van der Waals surface area (Å²) >= 11 is 0. The minimum atomic E-state index is -0.0258. The minimum Gasteiger partial charge on any atom is -0.378 e. The molecule has 1 aromatic heterocycles. The van der Waals surface area contributed by atoms with Crippen LogP contribution >= 0.6 is 24.8 Å². The number of carbonyl (C=O) groups excluding carboxylic acids is 1. The molecule has 1 amide bonds. The SMILES string of the molecule is CCn1cnnc1-c1cccc(NC(=O)CC2COCCN2)c1.Cl.Cl. The number of rotatable bonds is 5. The Labute approximate surface area is 159 Å². The van der Waals surface area contributed by atoms with Gasteiger partial charge >= 0.3 is 0 Å². The fourth-order valence-corrected chi connectivity index (χ4v) is 2.63. The molecule has 0 bridgehead atoms. The summed E-state index contributed by atoms with van der Waals surface area (Å²) in [6.07, 6.45) is 2.10. The van der Waals surface area contributed by atoms with E-state index in [4.69, 9.17) is 4.74 Å². The molecule has 0 radical (unpaired) electrons. The number of carbonyl (C=O) groups is 1. The molecule has 138 valence electrons. The van der Waals surface area contributed by atoms with Gasteiger partial charge in [-0.3, -0.25) is 4.79 Å². The Bertz CT molecular complexity index is 674. The summed E-state index contributed by atoms with van der Waals surface area (Å²) in [5.41, 5.74) is 1.69. The van der Waals surface area contributed by atoms with Crippen molar-refractivity contribution in [1.29, 1.82) is 0 Å². The molecule has 2 heterocycles. The highest BCUT2D eigenvalue weighted by Gasteiger charge is 2.17. The number of aryl methyl sites for hydroxylation is 1. The van der Waals surface area contributed by atoms with Crippen LogP contribution in [0.3, 0.4) is 0 Å². The number of halogens is 2. The molecule has 1 saturated heterocycles. The Kier molecular flexibility index (Phi) is 8.85. The fraction of sp³-hybridized carbons (Fsp3) is 0.438. The van der Waals surface area contributed by atoms with Gasteiger partial charge in [-0.1, -0.05) is 12.1 Å². The minimum absolute atomic E-state index is 0. The molecule has 0 spiro atoms. The third-order valence-electron chi connectivity index (χ3n) is 3.79. The number of benzene rings is 1. The second-order valence-corrected chi connectivity index (χ2v) is 5.50. The monoisotopic (exact) mass is 387 g/mol. The number of amides is 1. The molecule has 1 atom stereocenters. The van der Waals surface area contributed by atoms with E-state index in [1.807, 2.05) is 35.8 Å². The lowest BCUT2D eigenvalue weighted by Crippen LogP contribution is -2.43. The molecule has 1 aliphatic rings. The van der Waals surface area contributed by atoms with Crippen molar-refractivity contribution < 1.29 is 9.53 Å². The van der Waals surface area contributed by atoms with Crippen LogP contribution in [0.1, 0.15) is 13.3 Å². The number of morpholine rings is 1. The van der Waals surface area contributed by atoms with Crippen LogP contribution < -0.4 is 10.6 Å². The van der Waals surface area contributed by atoms with Crippen LogP contribution in [0.4, 0.5) is 5.69 Å². The third-order valence-corrected chi connectivity index (χ3v) is 3.79. The molecule has 1 aromatic carbocycles. The topological polar surface area (TPSA) is 81.1 Å². The molecule has 2 N–H and O–H groups in total. The van der Waals surface area contributed by atoms with E-state index in [2.05, 4.69) is 20.8 Å². The summed E-state index contributed by atoms with van der Waals surface area (Å²) in [5, 5.41) is 14.3. The lowest BCUT2D eigenvalue weighted by molar-refractivity contribution is -0.117. The number of nitrogens with zero attached hydrogens (tertiary/aromatic N) is 3. The van der Waals surface area contributed by atoms with Crippen molar-refractivity contribution in [3.63, 3.8) is 0 Å². The Morgan fingerprint density at radius 2 is 2.28 bits per heavy atom. The zero-order valence-electron chi connectivity index (χ0n) is 14.0. The summed E-state index contributed by atoms with van der Waals surface area (Å²) in [4.78, 5) is 12.2. The maximum absolute atomic E-state index is 12.2. The maximum atomic E-state index is 12.2. The standard InChI is InChI=1S/C16H21N5O2.2ClH/c1-2-21-11-18-20-16(21)12-4-3-5-13(8-12)19-15(22)9-14-10-23-7-6-17-14;;/h3-5,8,11,14,17H,2,6-7,9-10H2,1H3,(H,19,22);2*1H. The number of hydrogen-bond donors (Lipinski definition) is 2. The molecule has 2 aromatic rings. The van der Waals surface area contributed by atoms with Crippen molar-refractivity contribution in [3.8, 4) is 11.4 Å². The lowest BCUT2D eigenvalue weighted by Gasteiger charge is -2.23. The number of nitrogens with one attached hydrogen (secondary N) is 2. The molecular weight excluding hydrogens is 365 g/mol. The van der Waals surface area contributed by atoms with Gasteiger partial charge in [0.2, 0.25) is 5.91 Å². The van der Waals surface area contributed by atoms with E-state index < -0.39 is 0 Å². The van der Waals surface area contributed by atoms with Crippen molar-refractivity contribution >= 4 is 36.4 Å². The van der Waals surface area contributed by atoms with Gasteiger partial charge in [-0.25, -0.2) is 0 Å². The van der Waals surface area contributed by atoms with E-state index in [0.717, 1.165) is 30.2 Å². The van der Waals surface area contributed by atoms with E-state index in [1.54, 1.807) is 6.33 Å². The first-order valence-electron chi connectivity index (χ1n) is 7.85. The average molecular weight is 388 g/mol. The second-order valence-electron chi connectivity index (χ2n) is 5.50. The van der Waals surface area contributed by atoms with E-state index >= 15 is 0 Å². The number of hydrogen-bond acceptors (Lipinski definition) is 5. The lowest BCUT2D eigenvalue weighted by atomic mass is 10.1. The summed E-state index contributed by atoms with van der Waals surface area (Å²) in [6.45, 7) is 4.91. The zero-order chi connectivity index (χ0) is 16.1. The van der Waals surface area contributed by atoms with Crippen LogP contribution in [0.2, 0.25) is 0 Å². The molecule has 25 heavy (non-hydrogen) atoms. The number of aromatic nitrogens is 3. The van der Waals surface area contributed by atoms with Gasteiger partial charge in [0.1, 0.15) is 6.33 Å². The number of anilines is 1. The Balaban J connectivity index is 0.00000156. The first-order chi connectivity index (χ1) is 11.3. The van der Waals surface area contributed by atoms with Gasteiger partial charge in [-0.2, -0.15) is 0 Å². The normalized spacial score (nSPS) is 16.4. The van der Waals surface area contributed by atoms with Gasteiger partial charge in [0.15, 0.2) is 5.82 Å². The molecule has 7 nitrogen and oxygen atoms in total. The van der Waals surface area contributed by atoms with E-state index in [1.165, 1.54) is 0 Å². The van der Waals surface area contributed by atoms with Gasteiger partial charge in [0.25, 0.3) is 0 Å². The summed E-state index contributed by atoms with van der Waals surface area (Å²) < 4.78 is 7.33. The molecular formula is C16H23Cl2N5O2. The van der Waals surface area contributed by atoms with E-state index in [9.17, 15) is 4.79 Å². The highest BCUT2D eigenvalue weighted by molar-refractivity contribution is 5.91. The van der Waals surface area contributed by atoms with Crippen molar-refractivity contribution in [2.24, 2.45) is 0 Å². The second kappa shape index (κ2) is 10.4. The van der Waals surface area contributed by atoms with Gasteiger partial charge in [-0.05, 0) is 19.1 Å². The molecule has 1 unspecified atom stereocenters. The predicted molar refractivity (Wildman–Crippen MR) is 101 cm³/mol.